The fraction of sp³-hybridized carbons (Fsp3) is 0.625. The monoisotopic (exact) mass is 281 g/mol. The van der Waals surface area contributed by atoms with Crippen LogP contribution in [0.25, 0.3) is 0 Å². The van der Waals surface area contributed by atoms with Gasteiger partial charge in [0.1, 0.15) is 0 Å². The third kappa shape index (κ3) is 2.59. The van der Waals surface area contributed by atoms with Crippen molar-refractivity contribution in [2.45, 2.75) is 63.1 Å². The lowest BCUT2D eigenvalue weighted by molar-refractivity contribution is -0.0309. The number of benzene rings is 1. The normalized spacial score (nSPS) is 33.2. The molecule has 2 heterocycles. The summed E-state index contributed by atoms with van der Waals surface area (Å²) < 4.78 is 27.6. The van der Waals surface area contributed by atoms with Gasteiger partial charge in [-0.2, -0.15) is 0 Å². The van der Waals surface area contributed by atoms with Gasteiger partial charge in [0, 0.05) is 18.5 Å². The Balaban J connectivity index is 1.81. The van der Waals surface area contributed by atoms with Gasteiger partial charge < -0.3 is 10.4 Å². The van der Waals surface area contributed by atoms with Gasteiger partial charge in [0.05, 0.1) is 5.60 Å². The number of nitrogens with one attached hydrogen (secondary N) is 1. The predicted molar refractivity (Wildman–Crippen MR) is 73.5 cm³/mol. The second-order valence-electron chi connectivity index (χ2n) is 6.47. The molecule has 0 aromatic heterocycles. The van der Waals surface area contributed by atoms with Crippen LogP contribution in [0.15, 0.2) is 12.1 Å². The van der Waals surface area contributed by atoms with E-state index in [1.165, 1.54) is 6.42 Å². The Morgan fingerprint density at radius 1 is 1.20 bits per heavy atom. The third-order valence-corrected chi connectivity index (χ3v) is 4.70. The van der Waals surface area contributed by atoms with Gasteiger partial charge in [0.2, 0.25) is 0 Å². The van der Waals surface area contributed by atoms with E-state index in [2.05, 4.69) is 5.32 Å². The number of aliphatic hydroxyl groups is 1. The van der Waals surface area contributed by atoms with Gasteiger partial charge >= 0.3 is 0 Å². The Hall–Kier alpha value is -1.00. The van der Waals surface area contributed by atoms with E-state index in [0.717, 1.165) is 12.8 Å². The van der Waals surface area contributed by atoms with Gasteiger partial charge in [-0.05, 0) is 43.7 Å². The number of aryl methyl sites for hydroxylation is 1. The molecule has 2 bridgehead atoms. The van der Waals surface area contributed by atoms with Crippen molar-refractivity contribution >= 4 is 0 Å². The Morgan fingerprint density at radius 2 is 1.85 bits per heavy atom. The van der Waals surface area contributed by atoms with Crippen LogP contribution >= 0.6 is 0 Å². The van der Waals surface area contributed by atoms with Crippen LogP contribution in [0.2, 0.25) is 0 Å². The van der Waals surface area contributed by atoms with E-state index < -0.39 is 17.2 Å². The van der Waals surface area contributed by atoms with E-state index in [1.54, 1.807) is 19.1 Å². The second-order valence-corrected chi connectivity index (χ2v) is 6.47. The second kappa shape index (κ2) is 5.08. The summed E-state index contributed by atoms with van der Waals surface area (Å²) in [7, 11) is 0. The van der Waals surface area contributed by atoms with Crippen molar-refractivity contribution in [1.82, 2.24) is 5.32 Å². The van der Waals surface area contributed by atoms with Gasteiger partial charge in [-0.3, -0.25) is 0 Å². The highest BCUT2D eigenvalue weighted by atomic mass is 19.2. The van der Waals surface area contributed by atoms with Crippen LogP contribution in [-0.2, 0) is 6.42 Å². The van der Waals surface area contributed by atoms with Crippen LogP contribution in [0.5, 0.6) is 0 Å². The van der Waals surface area contributed by atoms with E-state index >= 15 is 0 Å². The van der Waals surface area contributed by atoms with E-state index in [0.29, 0.717) is 30.5 Å². The predicted octanol–water partition coefficient (Wildman–Crippen LogP) is 2.85. The topological polar surface area (TPSA) is 32.3 Å². The highest BCUT2D eigenvalue weighted by Crippen LogP contribution is 2.35. The first-order valence-corrected chi connectivity index (χ1v) is 7.39. The van der Waals surface area contributed by atoms with E-state index in [1.807, 2.05) is 0 Å². The smallest absolute Gasteiger partial charge is 0.162 e. The Labute approximate surface area is 118 Å². The van der Waals surface area contributed by atoms with E-state index in [4.69, 9.17) is 0 Å². The molecule has 1 aromatic carbocycles. The van der Waals surface area contributed by atoms with E-state index in [9.17, 15) is 13.9 Å². The third-order valence-electron chi connectivity index (χ3n) is 4.70. The maximum absolute atomic E-state index is 14.0. The van der Waals surface area contributed by atoms with Crippen molar-refractivity contribution in [1.29, 1.82) is 0 Å². The first-order valence-electron chi connectivity index (χ1n) is 7.39. The van der Waals surface area contributed by atoms with Crippen molar-refractivity contribution in [2.24, 2.45) is 0 Å². The molecular formula is C16H21F2NO. The molecule has 0 saturated carbocycles. The standard InChI is InChI=1S/C16H21F2NO/c1-10-5-6-11(15(18)14(10)17)7-16(20)8-12-3-2-4-13(9-16)19-12/h5-6,12-13,19-20H,2-4,7-9H2,1H3. The number of hydrogen-bond acceptors (Lipinski definition) is 2. The summed E-state index contributed by atoms with van der Waals surface area (Å²) >= 11 is 0. The highest BCUT2D eigenvalue weighted by molar-refractivity contribution is 5.27. The molecule has 2 nitrogen and oxygen atoms in total. The minimum Gasteiger partial charge on any atom is -0.389 e. The average Bonchev–Trinajstić information content (AvgIpc) is 2.39. The molecule has 2 aliphatic heterocycles. The number of rotatable bonds is 2. The Bertz CT molecular complexity index is 505. The number of halogens is 2. The zero-order valence-corrected chi connectivity index (χ0v) is 11.8. The molecule has 2 unspecified atom stereocenters. The molecule has 2 atom stereocenters. The molecule has 3 rings (SSSR count). The van der Waals surface area contributed by atoms with Gasteiger partial charge in [0.25, 0.3) is 0 Å². The minimum atomic E-state index is -0.913. The molecule has 4 heteroatoms. The van der Waals surface area contributed by atoms with Crippen molar-refractivity contribution in [3.05, 3.63) is 34.9 Å². The van der Waals surface area contributed by atoms with Crippen LogP contribution in [0.4, 0.5) is 8.78 Å². The molecule has 0 radical (unpaired) electrons. The molecule has 0 amide bonds. The van der Waals surface area contributed by atoms with Gasteiger partial charge in [-0.25, -0.2) is 8.78 Å². The maximum Gasteiger partial charge on any atom is 0.162 e. The molecule has 2 saturated heterocycles. The zero-order chi connectivity index (χ0) is 14.3. The number of hydrogen-bond donors (Lipinski definition) is 2. The van der Waals surface area contributed by atoms with Crippen LogP contribution < -0.4 is 5.32 Å². The molecule has 110 valence electrons. The quantitative estimate of drug-likeness (QED) is 0.873. The molecule has 0 aliphatic carbocycles. The molecule has 2 aliphatic rings. The summed E-state index contributed by atoms with van der Waals surface area (Å²) in [5.41, 5.74) is -0.320. The summed E-state index contributed by atoms with van der Waals surface area (Å²) in [5.74, 6) is -1.60. The fourth-order valence-electron chi connectivity index (χ4n) is 3.75. The van der Waals surface area contributed by atoms with Gasteiger partial charge in [-0.15, -0.1) is 0 Å². The van der Waals surface area contributed by atoms with Crippen molar-refractivity contribution < 1.29 is 13.9 Å². The summed E-state index contributed by atoms with van der Waals surface area (Å²) in [6.07, 6.45) is 4.75. The highest BCUT2D eigenvalue weighted by Gasteiger charge is 2.41. The largest absolute Gasteiger partial charge is 0.389 e. The molecule has 1 aromatic rings. The molecule has 2 fully saturated rings. The van der Waals surface area contributed by atoms with Gasteiger partial charge in [-0.1, -0.05) is 18.6 Å². The van der Waals surface area contributed by atoms with Crippen molar-refractivity contribution in [2.75, 3.05) is 0 Å². The van der Waals surface area contributed by atoms with Crippen molar-refractivity contribution in [3.8, 4) is 0 Å². The first kappa shape index (κ1) is 14.0. The van der Waals surface area contributed by atoms with E-state index in [-0.39, 0.29) is 12.0 Å². The Morgan fingerprint density at radius 3 is 2.50 bits per heavy atom. The summed E-state index contributed by atoms with van der Waals surface area (Å²) in [6, 6.07) is 3.81. The number of fused-ring (bicyclic) bond motifs is 2. The van der Waals surface area contributed by atoms with Gasteiger partial charge in [0.15, 0.2) is 11.6 Å². The van der Waals surface area contributed by atoms with Crippen LogP contribution in [0.1, 0.15) is 43.2 Å². The molecule has 2 N–H and O–H groups in total. The lowest BCUT2D eigenvalue weighted by Gasteiger charge is -2.45. The van der Waals surface area contributed by atoms with Crippen LogP contribution in [-0.4, -0.2) is 22.8 Å². The zero-order valence-electron chi connectivity index (χ0n) is 11.8. The summed E-state index contributed by atoms with van der Waals surface area (Å²) in [5, 5.41) is 14.3. The molecule has 20 heavy (non-hydrogen) atoms. The SMILES string of the molecule is Cc1ccc(CC2(O)CC3CCCC(C2)N3)c(F)c1F. The Kier molecular flexibility index (Phi) is 3.55. The fourth-order valence-corrected chi connectivity index (χ4v) is 3.75. The summed E-state index contributed by atoms with van der Waals surface area (Å²) in [4.78, 5) is 0. The first-order chi connectivity index (χ1) is 9.47. The maximum atomic E-state index is 14.0. The average molecular weight is 281 g/mol. The van der Waals surface area contributed by atoms with Crippen LogP contribution in [0, 0.1) is 18.6 Å². The van der Waals surface area contributed by atoms with Crippen LogP contribution in [0.3, 0.4) is 0 Å². The minimum absolute atomic E-state index is 0.199. The molecule has 0 spiro atoms. The lowest BCUT2D eigenvalue weighted by Crippen LogP contribution is -2.56. The molecular weight excluding hydrogens is 260 g/mol. The van der Waals surface area contributed by atoms with Crippen molar-refractivity contribution in [3.63, 3.8) is 0 Å². The summed E-state index contributed by atoms with van der Waals surface area (Å²) in [6.45, 7) is 1.55. The lowest BCUT2D eigenvalue weighted by atomic mass is 9.74. The number of piperidine rings is 2.